The molecule has 0 spiro atoms. The van der Waals surface area contributed by atoms with Crippen molar-refractivity contribution in [3.63, 3.8) is 0 Å². The van der Waals surface area contributed by atoms with Gasteiger partial charge in [-0.2, -0.15) is 0 Å². The largest absolute Gasteiger partial charge is 0.369 e. The van der Waals surface area contributed by atoms with Gasteiger partial charge in [-0.05, 0) is 31.4 Å². The molecule has 2 heterocycles. The van der Waals surface area contributed by atoms with Crippen LogP contribution in [0.3, 0.4) is 0 Å². The normalized spacial score (nSPS) is 16.5. The third-order valence-corrected chi connectivity index (χ3v) is 7.03. The number of hydrogen-bond acceptors (Lipinski definition) is 7. The lowest BCUT2D eigenvalue weighted by Gasteiger charge is -2.35. The summed E-state index contributed by atoms with van der Waals surface area (Å²) < 4.78 is 1.41. The van der Waals surface area contributed by atoms with E-state index >= 15 is 0 Å². The van der Waals surface area contributed by atoms with E-state index in [0.717, 1.165) is 22.9 Å². The summed E-state index contributed by atoms with van der Waals surface area (Å²) in [6, 6.07) is 8.27. The molecule has 6 nitrogen and oxygen atoms in total. The number of para-hydroxylation sites is 1. The van der Waals surface area contributed by atoms with Gasteiger partial charge in [-0.3, -0.25) is 9.59 Å². The second-order valence-electron chi connectivity index (χ2n) is 5.66. The van der Waals surface area contributed by atoms with Gasteiger partial charge < -0.3 is 10.6 Å². The molecule has 1 aliphatic rings. The molecule has 2 N–H and O–H groups in total. The topological polar surface area (TPSA) is 89.2 Å². The highest BCUT2D eigenvalue weighted by atomic mass is 32.2. The van der Waals surface area contributed by atoms with Crippen LogP contribution in [0.1, 0.15) is 18.9 Å². The zero-order valence-electron chi connectivity index (χ0n) is 13.7. The van der Waals surface area contributed by atoms with Crippen LogP contribution in [0, 0.1) is 0 Å². The molecule has 3 rings (SSSR count). The maximum absolute atomic E-state index is 12.8. The molecule has 1 unspecified atom stereocenters. The van der Waals surface area contributed by atoms with Crippen LogP contribution in [-0.2, 0) is 16.0 Å². The van der Waals surface area contributed by atoms with E-state index in [4.69, 9.17) is 5.73 Å². The van der Waals surface area contributed by atoms with Gasteiger partial charge in [0, 0.05) is 11.7 Å². The maximum Gasteiger partial charge on any atom is 0.237 e. The molecule has 9 heteroatoms. The molecule has 0 saturated heterocycles. The van der Waals surface area contributed by atoms with E-state index in [0.29, 0.717) is 10.1 Å². The molecular weight excluding hydrogens is 376 g/mol. The monoisotopic (exact) mass is 394 g/mol. The fourth-order valence-corrected chi connectivity index (χ4v) is 5.33. The first-order chi connectivity index (χ1) is 12.0. The Labute approximate surface area is 158 Å². The van der Waals surface area contributed by atoms with E-state index in [1.807, 2.05) is 23.1 Å². The Hall–Kier alpha value is -1.58. The van der Waals surface area contributed by atoms with E-state index in [-0.39, 0.29) is 23.6 Å². The lowest BCUT2D eigenvalue weighted by Crippen LogP contribution is -2.43. The smallest absolute Gasteiger partial charge is 0.237 e. The van der Waals surface area contributed by atoms with Gasteiger partial charge in [0.2, 0.25) is 11.8 Å². The predicted molar refractivity (Wildman–Crippen MR) is 102 cm³/mol. The van der Waals surface area contributed by atoms with E-state index < -0.39 is 0 Å². The third-order valence-electron chi connectivity index (χ3n) is 3.84. The van der Waals surface area contributed by atoms with Crippen LogP contribution in [0.5, 0.6) is 0 Å². The number of carbonyl (C=O) groups excluding carboxylic acids is 2. The van der Waals surface area contributed by atoms with Crippen molar-refractivity contribution in [1.29, 1.82) is 0 Å². The standard InChI is InChI=1S/C16H18N4O2S3/c1-10-6-7-11-4-2-3-5-12(11)20(10)14(22)9-24-16-19-18-15(25-16)23-8-13(17)21/h2-5,10H,6-9H2,1H3,(H2,17,21). The minimum absolute atomic E-state index is 0.0752. The molecule has 0 radical (unpaired) electrons. The molecule has 1 aromatic carbocycles. The fraction of sp³-hybridized carbons (Fsp3) is 0.375. The van der Waals surface area contributed by atoms with Crippen molar-refractivity contribution in [2.45, 2.75) is 34.5 Å². The molecule has 0 saturated carbocycles. The van der Waals surface area contributed by atoms with Gasteiger partial charge in [-0.1, -0.05) is 53.1 Å². The van der Waals surface area contributed by atoms with E-state index in [1.165, 1.54) is 40.4 Å². The lowest BCUT2D eigenvalue weighted by atomic mass is 9.97. The maximum atomic E-state index is 12.8. The van der Waals surface area contributed by atoms with Gasteiger partial charge in [0.05, 0.1) is 11.5 Å². The SMILES string of the molecule is CC1CCc2ccccc2N1C(=O)CSc1nnc(SCC(N)=O)s1. The summed E-state index contributed by atoms with van der Waals surface area (Å²) >= 11 is 4.02. The molecule has 0 bridgehead atoms. The Balaban J connectivity index is 1.62. The van der Waals surface area contributed by atoms with Crippen molar-refractivity contribution in [3.8, 4) is 0 Å². The van der Waals surface area contributed by atoms with Crippen molar-refractivity contribution in [2.24, 2.45) is 5.73 Å². The summed E-state index contributed by atoms with van der Waals surface area (Å²) in [5.74, 6) is 0.183. The van der Waals surface area contributed by atoms with Gasteiger partial charge in [0.1, 0.15) is 0 Å². The van der Waals surface area contributed by atoms with Crippen molar-refractivity contribution < 1.29 is 9.59 Å². The summed E-state index contributed by atoms with van der Waals surface area (Å²) in [4.78, 5) is 25.5. The number of fused-ring (bicyclic) bond motifs is 1. The van der Waals surface area contributed by atoms with Crippen molar-refractivity contribution in [2.75, 3.05) is 16.4 Å². The number of anilines is 1. The molecule has 1 aliphatic heterocycles. The third kappa shape index (κ3) is 4.53. The van der Waals surface area contributed by atoms with Gasteiger partial charge in [-0.15, -0.1) is 10.2 Å². The number of nitrogens with two attached hydrogens (primary N) is 1. The molecule has 1 aromatic heterocycles. The van der Waals surface area contributed by atoms with Gasteiger partial charge >= 0.3 is 0 Å². The average molecular weight is 395 g/mol. The first kappa shape index (κ1) is 18.2. The van der Waals surface area contributed by atoms with Gasteiger partial charge in [-0.25, -0.2) is 0 Å². The summed E-state index contributed by atoms with van der Waals surface area (Å²) in [5.41, 5.74) is 7.36. The fourth-order valence-electron chi connectivity index (χ4n) is 2.71. The average Bonchev–Trinajstić information content (AvgIpc) is 3.06. The van der Waals surface area contributed by atoms with E-state index in [1.54, 1.807) is 0 Å². The van der Waals surface area contributed by atoms with Crippen molar-refractivity contribution in [3.05, 3.63) is 29.8 Å². The molecule has 132 valence electrons. The summed E-state index contributed by atoms with van der Waals surface area (Å²) in [5, 5.41) is 8.07. The highest BCUT2D eigenvalue weighted by Gasteiger charge is 2.28. The van der Waals surface area contributed by atoms with Crippen molar-refractivity contribution >= 4 is 52.4 Å². The van der Waals surface area contributed by atoms with Gasteiger partial charge in [0.15, 0.2) is 8.68 Å². The first-order valence-electron chi connectivity index (χ1n) is 7.82. The number of rotatable bonds is 6. The molecule has 0 fully saturated rings. The number of nitrogens with zero attached hydrogens (tertiary/aromatic N) is 3. The van der Waals surface area contributed by atoms with Crippen LogP contribution in [-0.4, -0.2) is 39.6 Å². The first-order valence-corrected chi connectivity index (χ1v) is 10.6. The van der Waals surface area contributed by atoms with Crippen molar-refractivity contribution in [1.82, 2.24) is 10.2 Å². The molecule has 2 amide bonds. The Bertz CT molecular complexity index is 780. The summed E-state index contributed by atoms with van der Waals surface area (Å²) in [6.07, 6.45) is 1.98. The number of aromatic nitrogens is 2. The summed E-state index contributed by atoms with van der Waals surface area (Å²) in [7, 11) is 0. The van der Waals surface area contributed by atoms with Crippen LogP contribution in [0.15, 0.2) is 32.9 Å². The highest BCUT2D eigenvalue weighted by molar-refractivity contribution is 8.03. The van der Waals surface area contributed by atoms with Crippen LogP contribution in [0.4, 0.5) is 5.69 Å². The second kappa shape index (κ2) is 8.20. The molecule has 0 aliphatic carbocycles. The van der Waals surface area contributed by atoms with Crippen LogP contribution < -0.4 is 10.6 Å². The Kier molecular flexibility index (Phi) is 5.98. The van der Waals surface area contributed by atoms with Gasteiger partial charge in [0.25, 0.3) is 0 Å². The van der Waals surface area contributed by atoms with Crippen LogP contribution >= 0.6 is 34.9 Å². The zero-order valence-corrected chi connectivity index (χ0v) is 16.1. The van der Waals surface area contributed by atoms with Crippen LogP contribution in [0.2, 0.25) is 0 Å². The van der Waals surface area contributed by atoms with E-state index in [9.17, 15) is 9.59 Å². The lowest BCUT2D eigenvalue weighted by molar-refractivity contribution is -0.117. The number of benzene rings is 1. The number of hydrogen-bond donors (Lipinski definition) is 1. The predicted octanol–water partition coefficient (Wildman–Crippen LogP) is 2.58. The highest BCUT2D eigenvalue weighted by Crippen LogP contribution is 2.33. The number of amides is 2. The number of aryl methyl sites for hydroxylation is 1. The zero-order chi connectivity index (χ0) is 17.8. The molecule has 25 heavy (non-hydrogen) atoms. The Morgan fingerprint density at radius 1 is 1.24 bits per heavy atom. The van der Waals surface area contributed by atoms with E-state index in [2.05, 4.69) is 23.2 Å². The second-order valence-corrected chi connectivity index (χ2v) is 9.08. The Morgan fingerprint density at radius 3 is 2.64 bits per heavy atom. The molecular formula is C16H18N4O2S3. The summed E-state index contributed by atoms with van der Waals surface area (Å²) in [6.45, 7) is 2.09. The van der Waals surface area contributed by atoms with Crippen LogP contribution in [0.25, 0.3) is 0 Å². The molecule has 2 aromatic rings. The minimum atomic E-state index is -0.387. The minimum Gasteiger partial charge on any atom is -0.369 e. The Morgan fingerprint density at radius 2 is 1.92 bits per heavy atom. The number of primary amides is 1. The molecule has 1 atom stereocenters. The number of carbonyl (C=O) groups is 2. The quantitative estimate of drug-likeness (QED) is 0.758. The number of thioether (sulfide) groups is 2.